The molecule has 0 amide bonds. The van der Waals surface area contributed by atoms with E-state index in [-0.39, 0.29) is 0 Å². The standard InChI is InChI=1S/C25H44O3/c1-3-4-5-6-7-8-10-13-23(14-11-9-12-20-26)19-21-28-22-24-15-17-25(27-2)18-16-24/h15-18,23,26H,3-14,19-22H2,1-2H3. The largest absolute Gasteiger partial charge is 0.497 e. The second-order valence-electron chi connectivity index (χ2n) is 8.04. The molecule has 0 radical (unpaired) electrons. The van der Waals surface area contributed by atoms with Gasteiger partial charge in [-0.2, -0.15) is 0 Å². The first-order valence-corrected chi connectivity index (χ1v) is 11.6. The summed E-state index contributed by atoms with van der Waals surface area (Å²) in [6, 6.07) is 8.12. The van der Waals surface area contributed by atoms with Crippen molar-refractivity contribution < 1.29 is 14.6 Å². The van der Waals surface area contributed by atoms with Crippen molar-refractivity contribution in [3.05, 3.63) is 29.8 Å². The molecule has 0 saturated heterocycles. The lowest BCUT2D eigenvalue weighted by atomic mass is 9.92. The molecule has 0 aliphatic rings. The smallest absolute Gasteiger partial charge is 0.118 e. The number of hydrogen-bond acceptors (Lipinski definition) is 3. The molecule has 1 aromatic carbocycles. The molecular weight excluding hydrogens is 348 g/mol. The van der Waals surface area contributed by atoms with Crippen LogP contribution in [0.15, 0.2) is 24.3 Å². The minimum absolute atomic E-state index is 0.327. The normalized spacial score (nSPS) is 12.2. The van der Waals surface area contributed by atoms with Crippen LogP contribution in [0.1, 0.15) is 96.0 Å². The van der Waals surface area contributed by atoms with Gasteiger partial charge in [0.25, 0.3) is 0 Å². The van der Waals surface area contributed by atoms with Crippen LogP contribution in [0.5, 0.6) is 5.75 Å². The monoisotopic (exact) mass is 392 g/mol. The summed E-state index contributed by atoms with van der Waals surface area (Å²) >= 11 is 0. The van der Waals surface area contributed by atoms with Crippen LogP contribution in [0.25, 0.3) is 0 Å². The molecule has 3 nitrogen and oxygen atoms in total. The molecule has 0 aliphatic heterocycles. The van der Waals surface area contributed by atoms with Gasteiger partial charge in [-0.3, -0.25) is 0 Å². The highest BCUT2D eigenvalue weighted by Gasteiger charge is 2.09. The first-order chi connectivity index (χ1) is 13.8. The highest BCUT2D eigenvalue weighted by molar-refractivity contribution is 5.26. The summed E-state index contributed by atoms with van der Waals surface area (Å²) in [6.07, 6.45) is 16.7. The maximum Gasteiger partial charge on any atom is 0.118 e. The van der Waals surface area contributed by atoms with Crippen LogP contribution in [0.3, 0.4) is 0 Å². The van der Waals surface area contributed by atoms with E-state index in [2.05, 4.69) is 19.1 Å². The minimum Gasteiger partial charge on any atom is -0.497 e. The van der Waals surface area contributed by atoms with Gasteiger partial charge >= 0.3 is 0 Å². The Morgan fingerprint density at radius 1 is 0.786 bits per heavy atom. The van der Waals surface area contributed by atoms with Crippen LogP contribution in [0.4, 0.5) is 0 Å². The number of aliphatic hydroxyl groups is 1. The third kappa shape index (κ3) is 13.2. The van der Waals surface area contributed by atoms with E-state index in [9.17, 15) is 0 Å². The van der Waals surface area contributed by atoms with E-state index >= 15 is 0 Å². The first kappa shape index (κ1) is 25.0. The zero-order valence-electron chi connectivity index (χ0n) is 18.5. The third-order valence-electron chi connectivity index (χ3n) is 5.58. The van der Waals surface area contributed by atoms with Gasteiger partial charge in [-0.25, -0.2) is 0 Å². The number of rotatable bonds is 19. The van der Waals surface area contributed by atoms with Crippen molar-refractivity contribution >= 4 is 0 Å². The zero-order valence-corrected chi connectivity index (χ0v) is 18.5. The molecule has 0 bridgehead atoms. The molecule has 28 heavy (non-hydrogen) atoms. The van der Waals surface area contributed by atoms with E-state index in [0.717, 1.165) is 37.5 Å². The molecule has 0 aliphatic carbocycles. The molecule has 3 heteroatoms. The highest BCUT2D eigenvalue weighted by atomic mass is 16.5. The van der Waals surface area contributed by atoms with Crippen molar-refractivity contribution in [2.24, 2.45) is 5.92 Å². The van der Waals surface area contributed by atoms with Gasteiger partial charge in [0.2, 0.25) is 0 Å². The molecule has 1 aromatic rings. The summed E-state index contributed by atoms with van der Waals surface area (Å²) < 4.78 is 11.1. The third-order valence-corrected chi connectivity index (χ3v) is 5.58. The second-order valence-corrected chi connectivity index (χ2v) is 8.04. The topological polar surface area (TPSA) is 38.7 Å². The zero-order chi connectivity index (χ0) is 20.3. The maximum absolute atomic E-state index is 8.98. The van der Waals surface area contributed by atoms with E-state index in [1.54, 1.807) is 7.11 Å². The van der Waals surface area contributed by atoms with Crippen LogP contribution in [0.2, 0.25) is 0 Å². The van der Waals surface area contributed by atoms with E-state index < -0.39 is 0 Å². The van der Waals surface area contributed by atoms with Gasteiger partial charge in [0.15, 0.2) is 0 Å². The van der Waals surface area contributed by atoms with E-state index in [4.69, 9.17) is 14.6 Å². The van der Waals surface area contributed by atoms with Crippen molar-refractivity contribution in [2.45, 2.75) is 97.0 Å². The highest BCUT2D eigenvalue weighted by Crippen LogP contribution is 2.22. The van der Waals surface area contributed by atoms with Gasteiger partial charge in [-0.1, -0.05) is 89.7 Å². The number of unbranched alkanes of at least 4 members (excludes halogenated alkanes) is 8. The fourth-order valence-electron chi connectivity index (χ4n) is 3.71. The minimum atomic E-state index is 0.327. The summed E-state index contributed by atoms with van der Waals surface area (Å²) in [7, 11) is 1.69. The quantitative estimate of drug-likeness (QED) is 0.260. The Kier molecular flexibility index (Phi) is 16.1. The van der Waals surface area contributed by atoms with E-state index in [0.29, 0.717) is 13.2 Å². The van der Waals surface area contributed by atoms with Crippen molar-refractivity contribution in [1.29, 1.82) is 0 Å². The van der Waals surface area contributed by atoms with Crippen LogP contribution < -0.4 is 4.74 Å². The molecule has 0 fully saturated rings. The molecule has 1 unspecified atom stereocenters. The van der Waals surface area contributed by atoms with Gasteiger partial charge in [-0.15, -0.1) is 0 Å². The molecule has 0 saturated carbocycles. The molecular formula is C25H44O3. The van der Waals surface area contributed by atoms with Crippen LogP contribution in [-0.4, -0.2) is 25.4 Å². The lowest BCUT2D eigenvalue weighted by Gasteiger charge is -2.17. The Balaban J connectivity index is 2.21. The number of benzene rings is 1. The number of hydrogen-bond donors (Lipinski definition) is 1. The van der Waals surface area contributed by atoms with Gasteiger partial charge < -0.3 is 14.6 Å². The van der Waals surface area contributed by atoms with E-state index in [1.807, 2.05) is 12.1 Å². The Labute approximate surface area is 173 Å². The average Bonchev–Trinajstić information content (AvgIpc) is 2.73. The molecule has 162 valence electrons. The summed E-state index contributed by atoms with van der Waals surface area (Å²) in [4.78, 5) is 0. The first-order valence-electron chi connectivity index (χ1n) is 11.6. The van der Waals surface area contributed by atoms with Crippen molar-refractivity contribution in [3.8, 4) is 5.75 Å². The lowest BCUT2D eigenvalue weighted by molar-refractivity contribution is 0.104. The Hall–Kier alpha value is -1.06. The molecule has 1 rings (SSSR count). The summed E-state index contributed by atoms with van der Waals surface area (Å²) in [6.45, 7) is 4.12. The lowest BCUT2D eigenvalue weighted by Crippen LogP contribution is -2.06. The fraction of sp³-hybridized carbons (Fsp3) is 0.760. The second kappa shape index (κ2) is 18.0. The molecule has 1 atom stereocenters. The van der Waals surface area contributed by atoms with Gasteiger partial charge in [-0.05, 0) is 36.5 Å². The summed E-state index contributed by atoms with van der Waals surface area (Å²) in [5.74, 6) is 1.66. The predicted molar refractivity (Wildman–Crippen MR) is 119 cm³/mol. The van der Waals surface area contributed by atoms with Gasteiger partial charge in [0, 0.05) is 13.2 Å². The van der Waals surface area contributed by atoms with Crippen LogP contribution in [-0.2, 0) is 11.3 Å². The fourth-order valence-corrected chi connectivity index (χ4v) is 3.71. The summed E-state index contributed by atoms with van der Waals surface area (Å²) in [5.41, 5.74) is 1.20. The van der Waals surface area contributed by atoms with Crippen molar-refractivity contribution in [3.63, 3.8) is 0 Å². The molecule has 0 spiro atoms. The summed E-state index contributed by atoms with van der Waals surface area (Å²) in [5, 5.41) is 8.98. The maximum atomic E-state index is 8.98. The number of ether oxygens (including phenoxy) is 2. The van der Waals surface area contributed by atoms with E-state index in [1.165, 1.54) is 69.8 Å². The Morgan fingerprint density at radius 2 is 1.39 bits per heavy atom. The predicted octanol–water partition coefficient (Wildman–Crippen LogP) is 6.91. The molecule has 0 aromatic heterocycles. The Bertz CT molecular complexity index is 444. The van der Waals surface area contributed by atoms with Crippen LogP contribution in [0, 0.1) is 5.92 Å². The number of aliphatic hydroxyl groups excluding tert-OH is 1. The molecule has 1 N–H and O–H groups in total. The number of methoxy groups -OCH3 is 1. The Morgan fingerprint density at radius 3 is 2.00 bits per heavy atom. The van der Waals surface area contributed by atoms with Crippen molar-refractivity contribution in [2.75, 3.05) is 20.3 Å². The average molecular weight is 393 g/mol. The SMILES string of the molecule is CCCCCCCCCC(CCCCCO)CCOCc1ccc(OC)cc1. The van der Waals surface area contributed by atoms with Gasteiger partial charge in [0.05, 0.1) is 13.7 Å². The van der Waals surface area contributed by atoms with Crippen LogP contribution >= 0.6 is 0 Å². The van der Waals surface area contributed by atoms with Gasteiger partial charge in [0.1, 0.15) is 5.75 Å². The van der Waals surface area contributed by atoms with Crippen molar-refractivity contribution in [1.82, 2.24) is 0 Å². The molecule has 0 heterocycles.